The van der Waals surface area contributed by atoms with Crippen molar-refractivity contribution in [1.29, 1.82) is 0 Å². The summed E-state index contributed by atoms with van der Waals surface area (Å²) in [5.74, 6) is -0.274. The van der Waals surface area contributed by atoms with E-state index in [0.717, 1.165) is 12.8 Å². The minimum absolute atomic E-state index is 0.0985. The maximum absolute atomic E-state index is 12.1. The van der Waals surface area contributed by atoms with Crippen molar-refractivity contribution in [2.24, 2.45) is 5.92 Å². The van der Waals surface area contributed by atoms with Gasteiger partial charge in [-0.15, -0.1) is 11.3 Å². The van der Waals surface area contributed by atoms with Crippen molar-refractivity contribution in [3.63, 3.8) is 0 Å². The summed E-state index contributed by atoms with van der Waals surface area (Å²) in [7, 11) is 0. The van der Waals surface area contributed by atoms with E-state index < -0.39 is 23.0 Å². The zero-order valence-electron chi connectivity index (χ0n) is 19.6. The average Bonchev–Trinajstić information content (AvgIpc) is 3.25. The fourth-order valence-corrected chi connectivity index (χ4v) is 5.12. The van der Waals surface area contributed by atoms with E-state index in [0.29, 0.717) is 44.9 Å². The Morgan fingerprint density at radius 1 is 1.27 bits per heavy atom. The van der Waals surface area contributed by atoms with Crippen LogP contribution in [0.1, 0.15) is 36.9 Å². The molecule has 0 radical (unpaired) electrons. The number of carbonyl (C=O) groups excluding carboxylic acids is 1. The number of carboxylic acids is 1. The van der Waals surface area contributed by atoms with E-state index in [1.165, 1.54) is 35.6 Å². The van der Waals surface area contributed by atoms with Gasteiger partial charge in [0.05, 0.1) is 38.0 Å². The Hall–Kier alpha value is -3.77. The van der Waals surface area contributed by atoms with Gasteiger partial charge in [-0.3, -0.25) is 14.9 Å². The summed E-state index contributed by atoms with van der Waals surface area (Å²) < 4.78 is 16.7. The fourth-order valence-electron chi connectivity index (χ4n) is 3.93. The Kier molecular flexibility index (Phi) is 8.19. The van der Waals surface area contributed by atoms with E-state index in [4.69, 9.17) is 25.8 Å². The second-order valence-corrected chi connectivity index (χ2v) is 10.1. The number of aryl methyl sites for hydroxylation is 1. The van der Waals surface area contributed by atoms with Crippen molar-refractivity contribution in [3.8, 4) is 22.2 Å². The number of nitrogens with zero attached hydrogens (tertiary/aromatic N) is 3. The molecule has 11 nitrogen and oxygen atoms in total. The largest absolute Gasteiger partial charge is 0.514 e. The normalized spacial score (nSPS) is 17.1. The summed E-state index contributed by atoms with van der Waals surface area (Å²) in [6.45, 7) is 1.61. The van der Waals surface area contributed by atoms with Crippen molar-refractivity contribution in [2.75, 3.05) is 0 Å². The van der Waals surface area contributed by atoms with E-state index in [-0.39, 0.29) is 24.1 Å². The summed E-state index contributed by atoms with van der Waals surface area (Å²) >= 11 is 7.42. The number of hydrogen-bond donors (Lipinski definition) is 1. The molecule has 0 amide bonds. The number of hydrogen-bond acceptors (Lipinski definition) is 10. The van der Waals surface area contributed by atoms with Crippen LogP contribution in [0, 0.1) is 23.0 Å². The Bertz CT molecular complexity index is 1310. The van der Waals surface area contributed by atoms with Crippen molar-refractivity contribution < 1.29 is 33.8 Å². The lowest BCUT2D eigenvalue weighted by atomic mass is 9.87. The van der Waals surface area contributed by atoms with Gasteiger partial charge >= 0.3 is 12.1 Å². The summed E-state index contributed by atoms with van der Waals surface area (Å²) in [4.78, 5) is 43.1. The van der Waals surface area contributed by atoms with Gasteiger partial charge < -0.3 is 19.3 Å². The first kappa shape index (κ1) is 26.3. The molecule has 3 aromatic rings. The number of aliphatic carboxylic acids is 1. The SMILES string of the molecule is Cc1nc(-c2sc(Cl)cc2COC(=O)Oc2ccc([N+](=O)[O-])cc2)ncc1O[C@H]1CCC[C@H](C(=O)O)C1. The van der Waals surface area contributed by atoms with Gasteiger partial charge in [0.15, 0.2) is 11.6 Å². The predicted octanol–water partition coefficient (Wildman–Crippen LogP) is 5.81. The lowest BCUT2D eigenvalue weighted by Crippen LogP contribution is -2.29. The molecule has 1 N–H and O–H groups in total. The van der Waals surface area contributed by atoms with Crippen molar-refractivity contribution >= 4 is 40.7 Å². The molecular weight excluding hydrogens is 526 g/mol. The number of halogens is 1. The Labute approximate surface area is 220 Å². The highest BCUT2D eigenvalue weighted by Crippen LogP contribution is 2.36. The third-order valence-electron chi connectivity index (χ3n) is 5.78. The topological polar surface area (TPSA) is 151 Å². The maximum atomic E-state index is 12.1. The number of non-ortho nitro benzene ring substituents is 1. The van der Waals surface area contributed by atoms with E-state index in [1.54, 1.807) is 19.2 Å². The minimum atomic E-state index is -0.991. The summed E-state index contributed by atoms with van der Waals surface area (Å²) in [5.41, 5.74) is 1.02. The van der Waals surface area contributed by atoms with Gasteiger partial charge in [-0.25, -0.2) is 14.8 Å². The standard InChI is InChI=1S/C24H22ClN3O8S/c1-13-19(35-18-4-2-3-14(9-18)23(29)30)11-26-22(27-13)21-15(10-20(25)37-21)12-34-24(31)36-17-7-5-16(6-8-17)28(32)33/h5-8,10-11,14,18H,2-4,9,12H2,1H3,(H,29,30)/t14-,18-/m0/s1. The van der Waals surface area contributed by atoms with Crippen LogP contribution in [0.25, 0.3) is 10.7 Å². The molecule has 0 bridgehead atoms. The number of rotatable bonds is 8. The molecule has 0 spiro atoms. The van der Waals surface area contributed by atoms with Gasteiger partial charge in [0.25, 0.3) is 5.69 Å². The number of aromatic nitrogens is 2. The third-order valence-corrected chi connectivity index (χ3v) is 7.08. The zero-order chi connectivity index (χ0) is 26.5. The van der Waals surface area contributed by atoms with Crippen molar-refractivity contribution in [2.45, 2.75) is 45.3 Å². The predicted molar refractivity (Wildman–Crippen MR) is 133 cm³/mol. The zero-order valence-corrected chi connectivity index (χ0v) is 21.2. The lowest BCUT2D eigenvalue weighted by molar-refractivity contribution is -0.384. The molecule has 1 aliphatic carbocycles. The molecule has 13 heteroatoms. The number of carboxylic acid groups (broad SMARTS) is 1. The molecule has 0 aliphatic heterocycles. The quantitative estimate of drug-likeness (QED) is 0.158. The second kappa shape index (κ2) is 11.5. The molecule has 37 heavy (non-hydrogen) atoms. The second-order valence-electron chi connectivity index (χ2n) is 8.38. The highest BCUT2D eigenvalue weighted by molar-refractivity contribution is 7.19. The summed E-state index contributed by atoms with van der Waals surface area (Å²) in [5, 5.41) is 20.0. The van der Waals surface area contributed by atoms with E-state index in [2.05, 4.69) is 9.97 Å². The Morgan fingerprint density at radius 2 is 2.03 bits per heavy atom. The fraction of sp³-hybridized carbons (Fsp3) is 0.333. The van der Waals surface area contributed by atoms with Crippen LogP contribution in [0.15, 0.2) is 36.5 Å². The number of ether oxygens (including phenoxy) is 3. The van der Waals surface area contributed by atoms with Gasteiger partial charge in [-0.1, -0.05) is 11.6 Å². The first-order valence-electron chi connectivity index (χ1n) is 11.3. The molecule has 1 fully saturated rings. The van der Waals surface area contributed by atoms with Crippen LogP contribution in [0.3, 0.4) is 0 Å². The van der Waals surface area contributed by atoms with E-state index >= 15 is 0 Å². The van der Waals surface area contributed by atoms with Crippen LogP contribution in [-0.4, -0.2) is 38.2 Å². The van der Waals surface area contributed by atoms with E-state index in [1.807, 2.05) is 0 Å². The number of nitro benzene ring substituents is 1. The monoisotopic (exact) mass is 547 g/mol. The minimum Gasteiger partial charge on any atom is -0.487 e. The first-order valence-corrected chi connectivity index (χ1v) is 12.5. The molecular formula is C24H22ClN3O8S. The van der Waals surface area contributed by atoms with Crippen LogP contribution in [0.2, 0.25) is 4.34 Å². The molecule has 0 unspecified atom stereocenters. The molecule has 2 atom stereocenters. The Morgan fingerprint density at radius 3 is 2.70 bits per heavy atom. The summed E-state index contributed by atoms with van der Waals surface area (Å²) in [6.07, 6.45) is 2.97. The van der Waals surface area contributed by atoms with Crippen LogP contribution in [0.5, 0.6) is 11.5 Å². The van der Waals surface area contributed by atoms with Gasteiger partial charge in [0, 0.05) is 17.7 Å². The van der Waals surface area contributed by atoms with Gasteiger partial charge in [-0.2, -0.15) is 0 Å². The van der Waals surface area contributed by atoms with Gasteiger partial charge in [-0.05, 0) is 50.8 Å². The number of nitro groups is 1. The first-order chi connectivity index (χ1) is 17.7. The third kappa shape index (κ3) is 6.71. The van der Waals surface area contributed by atoms with Crippen LogP contribution in [-0.2, 0) is 16.1 Å². The number of carbonyl (C=O) groups is 2. The molecule has 0 saturated heterocycles. The van der Waals surface area contributed by atoms with Crippen molar-refractivity contribution in [1.82, 2.24) is 9.97 Å². The van der Waals surface area contributed by atoms with Crippen LogP contribution < -0.4 is 9.47 Å². The average molecular weight is 548 g/mol. The molecule has 4 rings (SSSR count). The van der Waals surface area contributed by atoms with Crippen LogP contribution >= 0.6 is 22.9 Å². The van der Waals surface area contributed by atoms with E-state index in [9.17, 15) is 24.8 Å². The number of thiophene rings is 1. The lowest BCUT2D eigenvalue weighted by Gasteiger charge is -2.27. The van der Waals surface area contributed by atoms with Gasteiger partial charge in [0.1, 0.15) is 12.4 Å². The van der Waals surface area contributed by atoms with Crippen LogP contribution in [0.4, 0.5) is 10.5 Å². The molecule has 1 aromatic carbocycles. The maximum Gasteiger partial charge on any atom is 0.514 e. The van der Waals surface area contributed by atoms with Gasteiger partial charge in [0.2, 0.25) is 0 Å². The molecule has 2 heterocycles. The highest BCUT2D eigenvalue weighted by Gasteiger charge is 2.28. The smallest absolute Gasteiger partial charge is 0.487 e. The number of benzene rings is 1. The molecule has 1 saturated carbocycles. The molecule has 194 valence electrons. The molecule has 2 aromatic heterocycles. The van der Waals surface area contributed by atoms with Crippen molar-refractivity contribution in [3.05, 3.63) is 62.2 Å². The molecule has 1 aliphatic rings. The Balaban J connectivity index is 1.40. The summed E-state index contributed by atoms with van der Waals surface area (Å²) in [6, 6.07) is 6.65. The highest BCUT2D eigenvalue weighted by atomic mass is 35.5.